The third-order valence-corrected chi connectivity index (χ3v) is 2.78. The molecule has 0 bridgehead atoms. The molecular weight excluding hydrogens is 261 g/mol. The molecule has 1 amide bonds. The second-order valence-corrected chi connectivity index (χ2v) is 4.00. The number of alkyl halides is 3. The molecule has 0 aliphatic carbocycles. The highest BCUT2D eigenvalue weighted by Gasteiger charge is 2.45. The molecule has 1 aliphatic rings. The Hall–Kier alpha value is -2.31. The Bertz CT molecular complexity index is 670. The van der Waals surface area contributed by atoms with Gasteiger partial charge in [0.25, 0.3) is 5.91 Å². The van der Waals surface area contributed by atoms with Gasteiger partial charge in [0, 0.05) is 17.6 Å². The van der Waals surface area contributed by atoms with Gasteiger partial charge in [-0.2, -0.15) is 0 Å². The first-order valence-corrected chi connectivity index (χ1v) is 5.38. The van der Waals surface area contributed by atoms with E-state index in [9.17, 15) is 18.0 Å². The van der Waals surface area contributed by atoms with E-state index in [4.69, 9.17) is 4.74 Å². The van der Waals surface area contributed by atoms with Crippen LogP contribution in [0.3, 0.4) is 0 Å². The number of anilines is 1. The molecule has 0 fully saturated rings. The largest absolute Gasteiger partial charge is 0.491 e. The molecule has 4 nitrogen and oxygen atoms in total. The Balaban J connectivity index is 2.24. The summed E-state index contributed by atoms with van der Waals surface area (Å²) >= 11 is 0. The van der Waals surface area contributed by atoms with Crippen LogP contribution in [-0.4, -0.2) is 23.8 Å². The molecule has 0 saturated heterocycles. The number of hydrogen-bond donors (Lipinski definition) is 0. The first-order chi connectivity index (χ1) is 8.97. The first-order valence-electron chi connectivity index (χ1n) is 5.38. The Labute approximate surface area is 105 Å². The van der Waals surface area contributed by atoms with Crippen molar-refractivity contribution in [1.82, 2.24) is 4.98 Å². The fourth-order valence-electron chi connectivity index (χ4n) is 2.00. The second kappa shape index (κ2) is 3.84. The van der Waals surface area contributed by atoms with Crippen molar-refractivity contribution in [2.45, 2.75) is 6.30 Å². The molecule has 1 aromatic heterocycles. The molecule has 0 saturated carbocycles. The number of nitrogens with zero attached hydrogens (tertiary/aromatic N) is 2. The normalized spacial score (nSPS) is 15.3. The zero-order valence-corrected chi connectivity index (χ0v) is 9.44. The number of hydrogen-bond acceptors (Lipinski definition) is 3. The quantitative estimate of drug-likeness (QED) is 0.689. The Kier molecular flexibility index (Phi) is 2.38. The number of amides is 1. The van der Waals surface area contributed by atoms with Gasteiger partial charge in [0.2, 0.25) is 0 Å². The van der Waals surface area contributed by atoms with Crippen LogP contribution in [0.1, 0.15) is 0 Å². The minimum atomic E-state index is -4.77. The monoisotopic (exact) mass is 268 g/mol. The SMILES string of the molecule is O=C1COc2cc3ncccc3cc2N1C(F)(F)F. The van der Waals surface area contributed by atoms with Gasteiger partial charge in [0.1, 0.15) is 5.75 Å². The lowest BCUT2D eigenvalue weighted by Gasteiger charge is -2.30. The van der Waals surface area contributed by atoms with Crippen molar-refractivity contribution in [3.8, 4) is 5.75 Å². The number of carbonyl (C=O) groups is 1. The molecule has 0 unspecified atom stereocenters. The van der Waals surface area contributed by atoms with Gasteiger partial charge in [0.05, 0.1) is 11.2 Å². The smallest absolute Gasteiger partial charge is 0.481 e. The summed E-state index contributed by atoms with van der Waals surface area (Å²) in [6, 6.07) is 5.88. The van der Waals surface area contributed by atoms with Gasteiger partial charge < -0.3 is 4.74 Å². The number of halogens is 3. The summed E-state index contributed by atoms with van der Waals surface area (Å²) in [6.07, 6.45) is -3.24. The highest BCUT2D eigenvalue weighted by molar-refractivity contribution is 6.01. The fourth-order valence-corrected chi connectivity index (χ4v) is 2.00. The van der Waals surface area contributed by atoms with E-state index in [1.165, 1.54) is 18.3 Å². The van der Waals surface area contributed by atoms with Crippen molar-refractivity contribution >= 4 is 22.5 Å². The van der Waals surface area contributed by atoms with Crippen molar-refractivity contribution in [3.05, 3.63) is 30.5 Å². The minimum absolute atomic E-state index is 0.00289. The number of carbonyl (C=O) groups excluding carboxylic acids is 1. The van der Waals surface area contributed by atoms with Crippen LogP contribution in [0.5, 0.6) is 5.75 Å². The lowest BCUT2D eigenvalue weighted by atomic mass is 10.1. The van der Waals surface area contributed by atoms with Crippen molar-refractivity contribution in [2.24, 2.45) is 0 Å². The topological polar surface area (TPSA) is 42.4 Å². The van der Waals surface area contributed by atoms with E-state index in [0.29, 0.717) is 10.9 Å². The maximum Gasteiger partial charge on any atom is 0.491 e. The van der Waals surface area contributed by atoms with E-state index in [1.54, 1.807) is 12.1 Å². The highest BCUT2D eigenvalue weighted by atomic mass is 19.4. The fraction of sp³-hybridized carbons (Fsp3) is 0.167. The number of benzene rings is 1. The second-order valence-electron chi connectivity index (χ2n) is 4.00. The molecule has 2 heterocycles. The van der Waals surface area contributed by atoms with Crippen LogP contribution in [0.2, 0.25) is 0 Å². The molecular formula is C12H7F3N2O2. The standard InChI is InChI=1S/C12H7F3N2O2/c13-12(14,15)17-9-4-7-2-1-3-16-8(7)5-10(9)19-6-11(17)18/h1-5H,6H2. The van der Waals surface area contributed by atoms with Gasteiger partial charge in [-0.1, -0.05) is 6.07 Å². The van der Waals surface area contributed by atoms with Crippen LogP contribution < -0.4 is 9.64 Å². The van der Waals surface area contributed by atoms with E-state index < -0.39 is 18.8 Å². The van der Waals surface area contributed by atoms with Crippen molar-refractivity contribution in [1.29, 1.82) is 0 Å². The van der Waals surface area contributed by atoms with E-state index in [-0.39, 0.29) is 16.3 Å². The molecule has 0 N–H and O–H groups in total. The average Bonchev–Trinajstić information content (AvgIpc) is 2.34. The first kappa shape index (κ1) is 11.8. The van der Waals surface area contributed by atoms with Crippen molar-refractivity contribution < 1.29 is 22.7 Å². The molecule has 3 rings (SSSR count). The summed E-state index contributed by atoms with van der Waals surface area (Å²) in [4.78, 5) is 15.2. The van der Waals surface area contributed by atoms with Gasteiger partial charge in [-0.3, -0.25) is 9.78 Å². The number of aromatic nitrogens is 1. The summed E-state index contributed by atoms with van der Waals surface area (Å²) in [5.74, 6) is -1.13. The zero-order valence-electron chi connectivity index (χ0n) is 9.44. The van der Waals surface area contributed by atoms with Gasteiger partial charge in [-0.15, -0.1) is 13.2 Å². The average molecular weight is 268 g/mol. The maximum absolute atomic E-state index is 12.9. The maximum atomic E-state index is 12.9. The van der Waals surface area contributed by atoms with Crippen LogP contribution in [0.15, 0.2) is 30.5 Å². The lowest BCUT2D eigenvalue weighted by Crippen LogP contribution is -2.47. The van der Waals surface area contributed by atoms with Crippen LogP contribution in [0.4, 0.5) is 18.9 Å². The van der Waals surface area contributed by atoms with Gasteiger partial charge >= 0.3 is 6.30 Å². The van der Waals surface area contributed by atoms with E-state index in [1.807, 2.05) is 0 Å². The van der Waals surface area contributed by atoms with E-state index >= 15 is 0 Å². The molecule has 98 valence electrons. The third-order valence-electron chi connectivity index (χ3n) is 2.78. The summed E-state index contributed by atoms with van der Waals surface area (Å²) in [5, 5.41) is 0.508. The molecule has 7 heteroatoms. The van der Waals surface area contributed by atoms with Gasteiger partial charge in [-0.25, -0.2) is 4.90 Å². The lowest BCUT2D eigenvalue weighted by molar-refractivity contribution is -0.153. The predicted molar refractivity (Wildman–Crippen MR) is 60.8 cm³/mol. The molecule has 0 atom stereocenters. The van der Waals surface area contributed by atoms with E-state index in [0.717, 1.165) is 0 Å². The number of rotatable bonds is 0. The molecule has 19 heavy (non-hydrogen) atoms. The molecule has 0 spiro atoms. The van der Waals surface area contributed by atoms with Crippen LogP contribution >= 0.6 is 0 Å². The number of fused-ring (bicyclic) bond motifs is 2. The number of ether oxygens (including phenoxy) is 1. The summed E-state index contributed by atoms with van der Waals surface area (Å²) in [5.41, 5.74) is 0.210. The highest BCUT2D eigenvalue weighted by Crippen LogP contribution is 2.40. The van der Waals surface area contributed by atoms with Gasteiger partial charge in [0.15, 0.2) is 6.61 Å². The van der Waals surface area contributed by atoms with Crippen molar-refractivity contribution in [3.63, 3.8) is 0 Å². The van der Waals surface area contributed by atoms with Crippen molar-refractivity contribution in [2.75, 3.05) is 11.5 Å². The summed E-state index contributed by atoms with van der Waals surface area (Å²) < 4.78 is 43.8. The number of pyridine rings is 1. The van der Waals surface area contributed by atoms with E-state index in [2.05, 4.69) is 4.98 Å². The zero-order chi connectivity index (χ0) is 13.6. The van der Waals surface area contributed by atoms with Crippen LogP contribution in [0, 0.1) is 0 Å². The Morgan fingerprint density at radius 1 is 1.32 bits per heavy atom. The van der Waals surface area contributed by atoms with Crippen LogP contribution in [0.25, 0.3) is 10.9 Å². The molecule has 1 aliphatic heterocycles. The Morgan fingerprint density at radius 3 is 2.84 bits per heavy atom. The third kappa shape index (κ3) is 1.87. The molecule has 1 aromatic carbocycles. The van der Waals surface area contributed by atoms with Crippen LogP contribution in [-0.2, 0) is 4.79 Å². The minimum Gasteiger partial charge on any atom is -0.481 e. The molecule has 0 radical (unpaired) electrons. The molecule has 2 aromatic rings. The Morgan fingerprint density at radius 2 is 2.11 bits per heavy atom. The summed E-state index contributed by atoms with van der Waals surface area (Å²) in [7, 11) is 0. The summed E-state index contributed by atoms with van der Waals surface area (Å²) in [6.45, 7) is -0.634. The van der Waals surface area contributed by atoms with Gasteiger partial charge in [-0.05, 0) is 12.1 Å². The predicted octanol–water partition coefficient (Wildman–Crippen LogP) is 2.48.